The zero-order valence-corrected chi connectivity index (χ0v) is 11.8. The Labute approximate surface area is 123 Å². The summed E-state index contributed by atoms with van der Waals surface area (Å²) in [7, 11) is 0. The molecule has 1 unspecified atom stereocenters. The van der Waals surface area contributed by atoms with Gasteiger partial charge in [0.2, 0.25) is 0 Å². The number of hydrogen-bond acceptors (Lipinski definition) is 3. The van der Waals surface area contributed by atoms with Crippen molar-refractivity contribution in [1.82, 2.24) is 0 Å². The van der Waals surface area contributed by atoms with E-state index in [9.17, 15) is 4.39 Å². The van der Waals surface area contributed by atoms with Gasteiger partial charge in [-0.3, -0.25) is 0 Å². The van der Waals surface area contributed by atoms with Gasteiger partial charge in [0, 0.05) is 11.6 Å². The van der Waals surface area contributed by atoms with Crippen LogP contribution in [0.1, 0.15) is 23.6 Å². The normalized spacial score (nSPS) is 11.7. The number of rotatable bonds is 5. The van der Waals surface area contributed by atoms with E-state index in [1.807, 2.05) is 37.3 Å². The highest BCUT2D eigenvalue weighted by atomic mass is 19.1. The zero-order chi connectivity index (χ0) is 15.2. The first-order chi connectivity index (χ1) is 10.1. The standard InChI is InChI=1S/C17H17FN2O/c1-12(20)8-13-4-2-3-5-17(13)21-11-15-9-16(18)7-6-14(15)10-19/h2-7,9,12H,8,11,20H2,1H3. The van der Waals surface area contributed by atoms with Crippen LogP contribution >= 0.6 is 0 Å². The van der Waals surface area contributed by atoms with Crippen molar-refractivity contribution < 1.29 is 9.13 Å². The van der Waals surface area contributed by atoms with Crippen LogP contribution < -0.4 is 10.5 Å². The van der Waals surface area contributed by atoms with Gasteiger partial charge in [0.25, 0.3) is 0 Å². The molecular weight excluding hydrogens is 267 g/mol. The third-order valence-electron chi connectivity index (χ3n) is 3.09. The van der Waals surface area contributed by atoms with Crippen LogP contribution in [0.25, 0.3) is 0 Å². The summed E-state index contributed by atoms with van der Waals surface area (Å²) in [6, 6.07) is 13.7. The first kappa shape index (κ1) is 15.0. The molecule has 2 N–H and O–H groups in total. The van der Waals surface area contributed by atoms with Gasteiger partial charge < -0.3 is 10.5 Å². The Morgan fingerprint density at radius 3 is 2.71 bits per heavy atom. The molecule has 0 heterocycles. The zero-order valence-electron chi connectivity index (χ0n) is 11.8. The van der Waals surface area contributed by atoms with E-state index in [1.54, 1.807) is 0 Å². The first-order valence-electron chi connectivity index (χ1n) is 6.75. The minimum absolute atomic E-state index is 0.0265. The lowest BCUT2D eigenvalue weighted by Crippen LogP contribution is -2.18. The second kappa shape index (κ2) is 6.87. The fraction of sp³-hybridized carbons (Fsp3) is 0.235. The van der Waals surface area contributed by atoms with Crippen molar-refractivity contribution in [2.24, 2.45) is 5.73 Å². The number of hydrogen-bond donors (Lipinski definition) is 1. The van der Waals surface area contributed by atoms with Gasteiger partial charge in [0.15, 0.2) is 0 Å². The molecule has 2 aromatic rings. The van der Waals surface area contributed by atoms with Crippen LogP contribution in [0.5, 0.6) is 5.75 Å². The third-order valence-corrected chi connectivity index (χ3v) is 3.09. The minimum atomic E-state index is -0.378. The predicted octanol–water partition coefficient (Wildman–Crippen LogP) is 3.17. The van der Waals surface area contributed by atoms with Gasteiger partial charge in [-0.05, 0) is 43.2 Å². The van der Waals surface area contributed by atoms with Crippen molar-refractivity contribution >= 4 is 0 Å². The number of ether oxygens (including phenoxy) is 1. The molecule has 108 valence electrons. The fourth-order valence-corrected chi connectivity index (χ4v) is 2.11. The van der Waals surface area contributed by atoms with E-state index in [-0.39, 0.29) is 18.5 Å². The largest absolute Gasteiger partial charge is 0.489 e. The molecule has 0 amide bonds. The van der Waals surface area contributed by atoms with E-state index in [4.69, 9.17) is 15.7 Å². The number of nitrogens with zero attached hydrogens (tertiary/aromatic N) is 1. The van der Waals surface area contributed by atoms with E-state index < -0.39 is 0 Å². The molecule has 1 atom stereocenters. The Kier molecular flexibility index (Phi) is 4.91. The quantitative estimate of drug-likeness (QED) is 0.917. The molecular formula is C17H17FN2O. The molecule has 0 saturated heterocycles. The van der Waals surface area contributed by atoms with Gasteiger partial charge in [0.1, 0.15) is 18.2 Å². The topological polar surface area (TPSA) is 59.0 Å². The molecule has 0 bridgehead atoms. The maximum absolute atomic E-state index is 13.3. The van der Waals surface area contributed by atoms with E-state index in [0.717, 1.165) is 5.56 Å². The third kappa shape index (κ3) is 4.04. The lowest BCUT2D eigenvalue weighted by Gasteiger charge is -2.13. The van der Waals surface area contributed by atoms with E-state index in [1.165, 1.54) is 18.2 Å². The Balaban J connectivity index is 2.17. The summed E-state index contributed by atoms with van der Waals surface area (Å²) in [6.07, 6.45) is 0.699. The SMILES string of the molecule is CC(N)Cc1ccccc1OCc1cc(F)ccc1C#N. The lowest BCUT2D eigenvalue weighted by molar-refractivity contribution is 0.301. The van der Waals surface area contributed by atoms with Gasteiger partial charge in [0.05, 0.1) is 11.6 Å². The number of nitriles is 1. The molecule has 0 spiro atoms. The Hall–Kier alpha value is -2.38. The monoisotopic (exact) mass is 284 g/mol. The van der Waals surface area contributed by atoms with Gasteiger partial charge in [-0.1, -0.05) is 18.2 Å². The van der Waals surface area contributed by atoms with Crippen molar-refractivity contribution in [1.29, 1.82) is 5.26 Å². The Morgan fingerprint density at radius 2 is 2.00 bits per heavy atom. The minimum Gasteiger partial charge on any atom is -0.489 e. The van der Waals surface area contributed by atoms with Crippen LogP contribution in [0, 0.1) is 17.1 Å². The highest BCUT2D eigenvalue weighted by Crippen LogP contribution is 2.21. The lowest BCUT2D eigenvalue weighted by atomic mass is 10.1. The van der Waals surface area contributed by atoms with Crippen molar-refractivity contribution in [3.05, 3.63) is 65.0 Å². The first-order valence-corrected chi connectivity index (χ1v) is 6.75. The van der Waals surface area contributed by atoms with Crippen LogP contribution in [-0.4, -0.2) is 6.04 Å². The fourth-order valence-electron chi connectivity index (χ4n) is 2.11. The second-order valence-corrected chi connectivity index (χ2v) is 4.99. The predicted molar refractivity (Wildman–Crippen MR) is 79.2 cm³/mol. The summed E-state index contributed by atoms with van der Waals surface area (Å²) in [4.78, 5) is 0. The Morgan fingerprint density at radius 1 is 1.24 bits per heavy atom. The van der Waals surface area contributed by atoms with Gasteiger partial charge >= 0.3 is 0 Å². The van der Waals surface area contributed by atoms with Crippen molar-refractivity contribution in [2.45, 2.75) is 26.0 Å². The highest BCUT2D eigenvalue weighted by Gasteiger charge is 2.08. The van der Waals surface area contributed by atoms with E-state index in [2.05, 4.69) is 0 Å². The molecule has 2 aromatic carbocycles. The summed E-state index contributed by atoms with van der Waals surface area (Å²) < 4.78 is 19.0. The summed E-state index contributed by atoms with van der Waals surface area (Å²) in [5.41, 5.74) is 7.77. The summed E-state index contributed by atoms with van der Waals surface area (Å²) in [6.45, 7) is 2.08. The van der Waals surface area contributed by atoms with Gasteiger partial charge in [-0.2, -0.15) is 5.26 Å². The van der Waals surface area contributed by atoms with Crippen LogP contribution in [0.2, 0.25) is 0 Å². The average molecular weight is 284 g/mol. The molecule has 0 aliphatic rings. The van der Waals surface area contributed by atoms with Crippen molar-refractivity contribution in [2.75, 3.05) is 0 Å². The molecule has 0 radical (unpaired) electrons. The highest BCUT2D eigenvalue weighted by molar-refractivity contribution is 5.39. The van der Waals surface area contributed by atoms with Crippen molar-refractivity contribution in [3.8, 4) is 11.8 Å². The van der Waals surface area contributed by atoms with Crippen LogP contribution in [-0.2, 0) is 13.0 Å². The van der Waals surface area contributed by atoms with E-state index in [0.29, 0.717) is 23.3 Å². The van der Waals surface area contributed by atoms with Crippen molar-refractivity contribution in [3.63, 3.8) is 0 Å². The van der Waals surface area contributed by atoms with Crippen LogP contribution in [0.15, 0.2) is 42.5 Å². The molecule has 0 saturated carbocycles. The molecule has 4 heteroatoms. The molecule has 2 rings (SSSR count). The average Bonchev–Trinajstić information content (AvgIpc) is 2.46. The second-order valence-electron chi connectivity index (χ2n) is 4.99. The van der Waals surface area contributed by atoms with E-state index >= 15 is 0 Å². The molecule has 0 aliphatic heterocycles. The summed E-state index contributed by atoms with van der Waals surface area (Å²) >= 11 is 0. The van der Waals surface area contributed by atoms with Crippen LogP contribution in [0.3, 0.4) is 0 Å². The molecule has 21 heavy (non-hydrogen) atoms. The molecule has 0 fully saturated rings. The van der Waals surface area contributed by atoms with Gasteiger partial charge in [-0.25, -0.2) is 4.39 Å². The molecule has 0 aliphatic carbocycles. The maximum Gasteiger partial charge on any atom is 0.123 e. The summed E-state index contributed by atoms with van der Waals surface area (Å²) in [5.74, 6) is 0.333. The number of nitrogens with two attached hydrogens (primary N) is 1. The van der Waals surface area contributed by atoms with Crippen LogP contribution in [0.4, 0.5) is 4.39 Å². The van der Waals surface area contributed by atoms with Gasteiger partial charge in [-0.15, -0.1) is 0 Å². The smallest absolute Gasteiger partial charge is 0.123 e. The molecule has 3 nitrogen and oxygen atoms in total. The summed E-state index contributed by atoms with van der Waals surface area (Å²) in [5, 5.41) is 9.04. The number of para-hydroxylation sites is 1. The number of benzene rings is 2. The number of halogens is 1. The molecule has 0 aromatic heterocycles. The maximum atomic E-state index is 13.3. The Bertz CT molecular complexity index is 662.